The van der Waals surface area contributed by atoms with Crippen molar-refractivity contribution in [3.63, 3.8) is 0 Å². The minimum atomic E-state index is -0.898. The summed E-state index contributed by atoms with van der Waals surface area (Å²) < 4.78 is 5.42. The van der Waals surface area contributed by atoms with E-state index in [1.807, 2.05) is 25.1 Å². The largest absolute Gasteiger partial charge is 0.497 e. The van der Waals surface area contributed by atoms with E-state index in [1.165, 1.54) is 5.56 Å². The van der Waals surface area contributed by atoms with Crippen LogP contribution < -0.4 is 21.1 Å². The third-order valence-electron chi connectivity index (χ3n) is 6.20. The van der Waals surface area contributed by atoms with Gasteiger partial charge in [0.25, 0.3) is 0 Å². The summed E-state index contributed by atoms with van der Waals surface area (Å²) in [6.45, 7) is 6.17. The molecule has 5 rings (SSSR count). The lowest BCUT2D eigenvalue weighted by Gasteiger charge is -2.32. The number of allylic oxidation sites excluding steroid dienone is 1. The molecule has 0 saturated carbocycles. The number of rotatable bonds is 5. The van der Waals surface area contributed by atoms with Crippen LogP contribution in [-0.2, 0) is 6.42 Å². The van der Waals surface area contributed by atoms with Crippen LogP contribution in [0.15, 0.2) is 59.2 Å². The van der Waals surface area contributed by atoms with Gasteiger partial charge in [-0.15, -0.1) is 0 Å². The highest BCUT2D eigenvalue weighted by molar-refractivity contribution is 6.05. The van der Waals surface area contributed by atoms with Crippen molar-refractivity contribution in [2.24, 2.45) is 10.7 Å². The Labute approximate surface area is 193 Å². The molecule has 1 atom stereocenters. The Morgan fingerprint density at radius 3 is 2.67 bits per heavy atom. The number of anilines is 1. The zero-order valence-electron chi connectivity index (χ0n) is 19.5. The molecule has 1 aliphatic rings. The molecule has 1 aliphatic heterocycles. The number of nitrogens with zero attached hydrogens (tertiary/aromatic N) is 1. The molecule has 2 aromatic carbocycles. The molecule has 0 amide bonds. The van der Waals surface area contributed by atoms with E-state index in [0.717, 1.165) is 62.6 Å². The third kappa shape index (κ3) is 4.19. The molecule has 0 spiro atoms. The summed E-state index contributed by atoms with van der Waals surface area (Å²) in [5.41, 5.74) is 14.4. The number of methoxy groups -OCH3 is 1. The maximum Gasteiger partial charge on any atom is 0.184 e. The van der Waals surface area contributed by atoms with Crippen molar-refractivity contribution in [3.05, 3.63) is 71.2 Å². The quantitative estimate of drug-likeness (QED) is 0.305. The molecule has 33 heavy (non-hydrogen) atoms. The van der Waals surface area contributed by atoms with Gasteiger partial charge in [-0.1, -0.05) is 0 Å². The molecule has 0 bridgehead atoms. The van der Waals surface area contributed by atoms with Crippen LogP contribution in [0.3, 0.4) is 0 Å². The summed E-state index contributed by atoms with van der Waals surface area (Å²) in [6, 6.07) is 14.5. The summed E-state index contributed by atoms with van der Waals surface area (Å²) in [5.74, 6) is 0.696. The normalized spacial score (nSPS) is 18.2. The number of fused-ring (bicyclic) bond motifs is 2. The van der Waals surface area contributed by atoms with Crippen molar-refractivity contribution in [2.75, 3.05) is 12.4 Å². The van der Waals surface area contributed by atoms with E-state index in [-0.39, 0.29) is 0 Å². The highest BCUT2D eigenvalue weighted by Gasteiger charge is 2.28. The average Bonchev–Trinajstić information content (AvgIpc) is 3.28. The van der Waals surface area contributed by atoms with Crippen LogP contribution in [0.25, 0.3) is 21.8 Å². The number of nitrogens with two attached hydrogens (primary N) is 1. The number of hydrogen-bond donors (Lipinski definition) is 5. The Bertz CT molecular complexity index is 1410. The zero-order valence-corrected chi connectivity index (χ0v) is 19.5. The van der Waals surface area contributed by atoms with Crippen molar-refractivity contribution in [3.8, 4) is 5.75 Å². The van der Waals surface area contributed by atoms with Crippen LogP contribution in [0.5, 0.6) is 5.75 Å². The summed E-state index contributed by atoms with van der Waals surface area (Å²) in [6.07, 6.45) is 3.41. The predicted octanol–water partition coefficient (Wildman–Crippen LogP) is 4.84. The minimum absolute atomic E-state index is 0.643. The Hall–Kier alpha value is -3.71. The molecule has 7 heteroatoms. The van der Waals surface area contributed by atoms with Crippen LogP contribution in [0, 0.1) is 13.8 Å². The first-order valence-electron chi connectivity index (χ1n) is 11.2. The van der Waals surface area contributed by atoms with Gasteiger partial charge in [-0.3, -0.25) is 5.73 Å². The van der Waals surface area contributed by atoms with Crippen molar-refractivity contribution < 1.29 is 4.74 Å². The molecule has 4 aromatic rings. The second-order valence-corrected chi connectivity index (χ2v) is 8.89. The molecule has 0 aliphatic carbocycles. The number of ether oxygens (including phenoxy) is 1. The van der Waals surface area contributed by atoms with E-state index < -0.39 is 5.79 Å². The first kappa shape index (κ1) is 21.2. The van der Waals surface area contributed by atoms with Gasteiger partial charge in [-0.05, 0) is 81.3 Å². The average molecular weight is 443 g/mol. The summed E-state index contributed by atoms with van der Waals surface area (Å²) in [4.78, 5) is 11.7. The number of hydrogen-bond acceptors (Lipinski definition) is 5. The molecule has 2 aromatic heterocycles. The SMILES string of the molecule is COc1ccc2[nH]c(C)c(CCC3(N)N=C(Nc4ccc5[nH]c(C)cc5c4)C=C(C)N3)c2c1. The van der Waals surface area contributed by atoms with Crippen molar-refractivity contribution in [1.82, 2.24) is 15.3 Å². The van der Waals surface area contributed by atoms with Gasteiger partial charge in [0.05, 0.1) is 7.11 Å². The number of nitrogens with one attached hydrogen (secondary N) is 4. The molecular weight excluding hydrogens is 412 g/mol. The van der Waals surface area contributed by atoms with Crippen LogP contribution in [0.2, 0.25) is 0 Å². The van der Waals surface area contributed by atoms with Crippen LogP contribution >= 0.6 is 0 Å². The molecule has 0 radical (unpaired) electrons. The van der Waals surface area contributed by atoms with Crippen LogP contribution in [-0.4, -0.2) is 28.7 Å². The maximum absolute atomic E-state index is 6.73. The maximum atomic E-state index is 6.73. The third-order valence-corrected chi connectivity index (χ3v) is 6.20. The fraction of sp³-hybridized carbons (Fsp3) is 0.269. The van der Waals surface area contributed by atoms with Gasteiger partial charge in [0.2, 0.25) is 0 Å². The lowest BCUT2D eigenvalue weighted by molar-refractivity contribution is 0.353. The molecular formula is C26H30N6O. The van der Waals surface area contributed by atoms with Gasteiger partial charge >= 0.3 is 0 Å². The smallest absolute Gasteiger partial charge is 0.184 e. The Morgan fingerprint density at radius 1 is 1.03 bits per heavy atom. The molecule has 170 valence electrons. The Kier molecular flexibility index (Phi) is 5.13. The summed E-state index contributed by atoms with van der Waals surface area (Å²) >= 11 is 0. The molecule has 7 nitrogen and oxygen atoms in total. The topological polar surface area (TPSA) is 103 Å². The first-order chi connectivity index (χ1) is 15.8. The van der Waals surface area contributed by atoms with E-state index in [9.17, 15) is 0 Å². The number of amidine groups is 1. The second kappa shape index (κ2) is 8.01. The molecule has 1 unspecified atom stereocenters. The molecule has 6 N–H and O–H groups in total. The highest BCUT2D eigenvalue weighted by Crippen LogP contribution is 2.29. The van der Waals surface area contributed by atoms with Crippen molar-refractivity contribution >= 4 is 33.3 Å². The number of aromatic amines is 2. The standard InChI is InChI=1S/C26H30N6O/c1-15-11-18-13-19(5-7-23(18)28-15)30-25-12-16(2)31-26(27,32-25)10-9-21-17(3)29-24-8-6-20(33-4)14-22(21)24/h5-8,11-14,28-29,31H,9-10,27H2,1-4H3,(H,30,32). The van der Waals surface area contributed by atoms with Gasteiger partial charge < -0.3 is 25.3 Å². The molecule has 0 fully saturated rings. The van der Waals surface area contributed by atoms with Gasteiger partial charge in [0.15, 0.2) is 5.79 Å². The zero-order chi connectivity index (χ0) is 23.2. The van der Waals surface area contributed by atoms with Gasteiger partial charge in [-0.25, -0.2) is 4.99 Å². The van der Waals surface area contributed by atoms with Crippen molar-refractivity contribution in [2.45, 2.75) is 39.4 Å². The number of aromatic nitrogens is 2. The fourth-order valence-corrected chi connectivity index (χ4v) is 4.67. The van der Waals surface area contributed by atoms with Crippen molar-refractivity contribution in [1.29, 1.82) is 0 Å². The minimum Gasteiger partial charge on any atom is -0.497 e. The number of benzene rings is 2. The van der Waals surface area contributed by atoms with Gasteiger partial charge in [0, 0.05) is 51.0 Å². The van der Waals surface area contributed by atoms with E-state index in [4.69, 9.17) is 15.5 Å². The van der Waals surface area contributed by atoms with Gasteiger partial charge in [0.1, 0.15) is 11.6 Å². The Balaban J connectivity index is 1.38. The lowest BCUT2D eigenvalue weighted by Crippen LogP contribution is -2.54. The van der Waals surface area contributed by atoms with E-state index in [0.29, 0.717) is 6.42 Å². The molecule has 3 heterocycles. The van der Waals surface area contributed by atoms with E-state index >= 15 is 0 Å². The molecule has 0 saturated heterocycles. The number of H-pyrrole nitrogens is 2. The monoisotopic (exact) mass is 442 g/mol. The Morgan fingerprint density at radius 2 is 1.85 bits per heavy atom. The van der Waals surface area contributed by atoms with E-state index in [1.54, 1.807) is 7.11 Å². The lowest BCUT2D eigenvalue weighted by atomic mass is 10.0. The first-order valence-corrected chi connectivity index (χ1v) is 11.2. The summed E-state index contributed by atoms with van der Waals surface area (Å²) in [7, 11) is 1.69. The van der Waals surface area contributed by atoms with Gasteiger partial charge in [-0.2, -0.15) is 0 Å². The second-order valence-electron chi connectivity index (χ2n) is 8.89. The van der Waals surface area contributed by atoms with E-state index in [2.05, 4.69) is 64.8 Å². The van der Waals surface area contributed by atoms with Crippen LogP contribution in [0.1, 0.15) is 30.3 Å². The predicted molar refractivity (Wildman–Crippen MR) is 136 cm³/mol. The fourth-order valence-electron chi connectivity index (χ4n) is 4.67. The summed E-state index contributed by atoms with van der Waals surface area (Å²) in [5, 5.41) is 9.13. The number of aryl methyl sites for hydroxylation is 3. The highest BCUT2D eigenvalue weighted by atomic mass is 16.5. The number of aliphatic imine (C=N–C) groups is 1. The van der Waals surface area contributed by atoms with Crippen LogP contribution in [0.4, 0.5) is 5.69 Å².